The lowest BCUT2D eigenvalue weighted by Crippen LogP contribution is -2.15. The molecular formula is C17H15Br2N3OS. The van der Waals surface area contributed by atoms with Crippen LogP contribution in [0.3, 0.4) is 0 Å². The molecule has 2 aromatic carbocycles. The van der Waals surface area contributed by atoms with Gasteiger partial charge in [-0.15, -0.1) is 0 Å². The summed E-state index contributed by atoms with van der Waals surface area (Å²) in [6.45, 7) is 4.04. The third kappa shape index (κ3) is 4.02. The molecule has 1 amide bonds. The first kappa shape index (κ1) is 17.5. The van der Waals surface area contributed by atoms with Crippen molar-refractivity contribution in [1.82, 2.24) is 9.97 Å². The van der Waals surface area contributed by atoms with Crippen molar-refractivity contribution in [3.8, 4) is 0 Å². The van der Waals surface area contributed by atoms with Gasteiger partial charge >= 0.3 is 0 Å². The van der Waals surface area contributed by atoms with Crippen molar-refractivity contribution in [1.29, 1.82) is 0 Å². The van der Waals surface area contributed by atoms with Crippen LogP contribution < -0.4 is 5.32 Å². The average Bonchev–Trinajstić information content (AvgIpc) is 2.90. The number of aromatic nitrogens is 2. The molecule has 0 unspecified atom stereocenters. The molecule has 0 bridgehead atoms. The van der Waals surface area contributed by atoms with Gasteiger partial charge in [0, 0.05) is 8.95 Å². The van der Waals surface area contributed by atoms with Crippen LogP contribution in [-0.2, 0) is 4.79 Å². The zero-order valence-electron chi connectivity index (χ0n) is 13.1. The van der Waals surface area contributed by atoms with Crippen LogP contribution in [-0.4, -0.2) is 21.6 Å². The summed E-state index contributed by atoms with van der Waals surface area (Å²) in [7, 11) is 0. The second kappa shape index (κ2) is 7.29. The predicted octanol–water partition coefficient (Wildman–Crippen LogP) is 5.44. The number of benzene rings is 2. The summed E-state index contributed by atoms with van der Waals surface area (Å²) in [6, 6.07) is 9.99. The number of aryl methyl sites for hydroxylation is 2. The van der Waals surface area contributed by atoms with E-state index in [4.69, 9.17) is 0 Å². The predicted molar refractivity (Wildman–Crippen MR) is 107 cm³/mol. The van der Waals surface area contributed by atoms with Gasteiger partial charge in [0.15, 0.2) is 5.16 Å². The lowest BCUT2D eigenvalue weighted by atomic mass is 10.2. The number of hydrogen-bond acceptors (Lipinski definition) is 3. The Balaban J connectivity index is 1.67. The SMILES string of the molecule is Cc1cc(Br)c(NC(=O)CSc2nc3ccc(C)cc3[nH]2)c(Br)c1. The summed E-state index contributed by atoms with van der Waals surface area (Å²) in [6.07, 6.45) is 0. The topological polar surface area (TPSA) is 57.8 Å². The number of hydrogen-bond donors (Lipinski definition) is 2. The highest BCUT2D eigenvalue weighted by Crippen LogP contribution is 2.32. The maximum Gasteiger partial charge on any atom is 0.234 e. The van der Waals surface area contributed by atoms with Crippen molar-refractivity contribution in [2.24, 2.45) is 0 Å². The van der Waals surface area contributed by atoms with Gasteiger partial charge in [0.1, 0.15) is 0 Å². The lowest BCUT2D eigenvalue weighted by molar-refractivity contribution is -0.113. The van der Waals surface area contributed by atoms with Gasteiger partial charge < -0.3 is 10.3 Å². The van der Waals surface area contributed by atoms with Crippen LogP contribution in [0.4, 0.5) is 5.69 Å². The number of anilines is 1. The van der Waals surface area contributed by atoms with Crippen molar-refractivity contribution in [3.63, 3.8) is 0 Å². The fourth-order valence-corrected chi connectivity index (χ4v) is 4.60. The maximum absolute atomic E-state index is 12.2. The van der Waals surface area contributed by atoms with E-state index in [1.807, 2.05) is 44.2 Å². The number of halogens is 2. The third-order valence-corrected chi connectivity index (χ3v) is 5.53. The summed E-state index contributed by atoms with van der Waals surface area (Å²) in [4.78, 5) is 20.0. The number of rotatable bonds is 4. The number of carbonyl (C=O) groups is 1. The summed E-state index contributed by atoms with van der Waals surface area (Å²) < 4.78 is 1.71. The number of nitrogens with zero attached hydrogens (tertiary/aromatic N) is 1. The Labute approximate surface area is 161 Å². The standard InChI is InChI=1S/C17H15Br2N3OS/c1-9-3-4-13-14(7-9)21-17(20-13)24-8-15(23)22-16-11(18)5-10(2)6-12(16)19/h3-7H,8H2,1-2H3,(H,20,21)(H,22,23). The molecule has 0 saturated carbocycles. The number of nitrogens with one attached hydrogen (secondary N) is 2. The van der Waals surface area contributed by atoms with Crippen LogP contribution in [0.2, 0.25) is 0 Å². The van der Waals surface area contributed by atoms with Gasteiger partial charge in [0.25, 0.3) is 0 Å². The Morgan fingerprint density at radius 1 is 1.17 bits per heavy atom. The van der Waals surface area contributed by atoms with Crippen LogP contribution in [0.25, 0.3) is 11.0 Å². The van der Waals surface area contributed by atoms with E-state index in [-0.39, 0.29) is 11.7 Å². The zero-order chi connectivity index (χ0) is 17.3. The van der Waals surface area contributed by atoms with E-state index >= 15 is 0 Å². The second-order valence-electron chi connectivity index (χ2n) is 5.50. The Kier molecular flexibility index (Phi) is 5.32. The van der Waals surface area contributed by atoms with Crippen LogP contribution in [0, 0.1) is 13.8 Å². The molecule has 0 aliphatic carbocycles. The number of thioether (sulfide) groups is 1. The van der Waals surface area contributed by atoms with Gasteiger partial charge in [0.2, 0.25) is 5.91 Å². The highest BCUT2D eigenvalue weighted by molar-refractivity contribution is 9.11. The quantitative estimate of drug-likeness (QED) is 0.501. The van der Waals surface area contributed by atoms with Gasteiger partial charge in [-0.3, -0.25) is 4.79 Å². The largest absolute Gasteiger partial charge is 0.333 e. The minimum Gasteiger partial charge on any atom is -0.333 e. The molecular weight excluding hydrogens is 454 g/mol. The smallest absolute Gasteiger partial charge is 0.234 e. The summed E-state index contributed by atoms with van der Waals surface area (Å²) >= 11 is 8.35. The molecule has 7 heteroatoms. The molecule has 2 N–H and O–H groups in total. The molecule has 3 aromatic rings. The number of amides is 1. The fourth-order valence-electron chi connectivity index (χ4n) is 2.30. The van der Waals surface area contributed by atoms with E-state index in [9.17, 15) is 4.79 Å². The van der Waals surface area contributed by atoms with Crippen molar-refractivity contribution >= 4 is 66.2 Å². The first-order valence-electron chi connectivity index (χ1n) is 7.27. The van der Waals surface area contributed by atoms with E-state index < -0.39 is 0 Å². The molecule has 24 heavy (non-hydrogen) atoms. The lowest BCUT2D eigenvalue weighted by Gasteiger charge is -2.10. The molecule has 4 nitrogen and oxygen atoms in total. The molecule has 3 rings (SSSR count). The molecule has 0 fully saturated rings. The molecule has 0 radical (unpaired) electrons. The van der Waals surface area contributed by atoms with Crippen molar-refractivity contribution in [2.75, 3.05) is 11.1 Å². The zero-order valence-corrected chi connectivity index (χ0v) is 17.1. The molecule has 1 heterocycles. The van der Waals surface area contributed by atoms with Crippen molar-refractivity contribution in [2.45, 2.75) is 19.0 Å². The highest BCUT2D eigenvalue weighted by atomic mass is 79.9. The van der Waals surface area contributed by atoms with Crippen LogP contribution in [0.15, 0.2) is 44.4 Å². The first-order valence-corrected chi connectivity index (χ1v) is 9.84. The Bertz CT molecular complexity index is 900. The van der Waals surface area contributed by atoms with E-state index in [2.05, 4.69) is 47.1 Å². The van der Waals surface area contributed by atoms with Gasteiger partial charge in [-0.2, -0.15) is 0 Å². The van der Waals surface area contributed by atoms with Crippen molar-refractivity contribution < 1.29 is 4.79 Å². The molecule has 0 aliphatic rings. The van der Waals surface area contributed by atoms with Gasteiger partial charge in [0.05, 0.1) is 22.5 Å². The molecule has 1 aromatic heterocycles. The van der Waals surface area contributed by atoms with E-state index in [0.717, 1.165) is 36.4 Å². The molecule has 124 valence electrons. The second-order valence-corrected chi connectivity index (χ2v) is 8.18. The minimum absolute atomic E-state index is 0.0816. The number of aromatic amines is 1. The summed E-state index contributed by atoms with van der Waals surface area (Å²) in [5.41, 5.74) is 4.93. The normalized spacial score (nSPS) is 11.0. The average molecular weight is 469 g/mol. The maximum atomic E-state index is 12.2. The van der Waals surface area contributed by atoms with E-state index in [1.54, 1.807) is 0 Å². The fraction of sp³-hybridized carbons (Fsp3) is 0.176. The highest BCUT2D eigenvalue weighted by Gasteiger charge is 2.12. The van der Waals surface area contributed by atoms with Crippen molar-refractivity contribution in [3.05, 3.63) is 50.4 Å². The van der Waals surface area contributed by atoms with Crippen LogP contribution >= 0.6 is 43.6 Å². The first-order chi connectivity index (χ1) is 11.4. The number of H-pyrrole nitrogens is 1. The molecule has 0 saturated heterocycles. The number of fused-ring (bicyclic) bond motifs is 1. The number of imidazole rings is 1. The summed E-state index contributed by atoms with van der Waals surface area (Å²) in [5.74, 6) is 0.202. The monoisotopic (exact) mass is 467 g/mol. The van der Waals surface area contributed by atoms with Gasteiger partial charge in [-0.1, -0.05) is 17.8 Å². The molecule has 0 aliphatic heterocycles. The Morgan fingerprint density at radius 3 is 2.58 bits per heavy atom. The van der Waals surface area contributed by atoms with Gasteiger partial charge in [-0.25, -0.2) is 4.98 Å². The Hall–Kier alpha value is -1.31. The van der Waals surface area contributed by atoms with E-state index in [0.29, 0.717) is 0 Å². The Morgan fingerprint density at radius 2 is 1.88 bits per heavy atom. The molecule has 0 atom stereocenters. The van der Waals surface area contributed by atoms with E-state index in [1.165, 1.54) is 17.3 Å². The minimum atomic E-state index is -0.0816. The van der Waals surface area contributed by atoms with Gasteiger partial charge in [-0.05, 0) is 81.1 Å². The summed E-state index contributed by atoms with van der Waals surface area (Å²) in [5, 5.41) is 3.67. The number of carbonyl (C=O) groups excluding carboxylic acids is 1. The molecule has 0 spiro atoms. The van der Waals surface area contributed by atoms with Crippen LogP contribution in [0.1, 0.15) is 11.1 Å². The van der Waals surface area contributed by atoms with Crippen LogP contribution in [0.5, 0.6) is 0 Å². The third-order valence-electron chi connectivity index (χ3n) is 3.41.